The molecule has 1 atom stereocenters. The van der Waals surface area contributed by atoms with Gasteiger partial charge in [0, 0.05) is 63.3 Å². The molecule has 1 aromatic carbocycles. The fourth-order valence-corrected chi connectivity index (χ4v) is 4.47. The second kappa shape index (κ2) is 12.5. The Bertz CT molecular complexity index is 1100. The summed E-state index contributed by atoms with van der Waals surface area (Å²) in [6.45, 7) is 10.5. The van der Waals surface area contributed by atoms with Crippen LogP contribution in [0.1, 0.15) is 44.4 Å². The number of aryl methyl sites for hydroxylation is 1. The van der Waals surface area contributed by atoms with Crippen molar-refractivity contribution in [3.05, 3.63) is 60.3 Å². The quantitative estimate of drug-likeness (QED) is 0.440. The van der Waals surface area contributed by atoms with Crippen LogP contribution in [-0.4, -0.2) is 69.2 Å². The van der Waals surface area contributed by atoms with Gasteiger partial charge in [-0.3, -0.25) is 9.36 Å². The molecule has 1 unspecified atom stereocenters. The Labute approximate surface area is 213 Å². The van der Waals surface area contributed by atoms with E-state index >= 15 is 0 Å². The van der Waals surface area contributed by atoms with Crippen molar-refractivity contribution in [3.63, 3.8) is 0 Å². The molecule has 0 bridgehead atoms. The normalized spacial score (nSPS) is 15.6. The van der Waals surface area contributed by atoms with Gasteiger partial charge in [0.25, 0.3) is 0 Å². The number of benzene rings is 1. The zero-order chi connectivity index (χ0) is 25.3. The third kappa shape index (κ3) is 6.60. The Hall–Kier alpha value is -3.46. The predicted molar refractivity (Wildman–Crippen MR) is 140 cm³/mol. The highest BCUT2D eigenvalue weighted by Gasteiger charge is 2.28. The molecule has 1 fully saturated rings. The molecule has 0 aliphatic carbocycles. The highest BCUT2D eigenvalue weighted by molar-refractivity contribution is 5.77. The summed E-state index contributed by atoms with van der Waals surface area (Å²) in [5.41, 5.74) is 1.99. The van der Waals surface area contributed by atoms with Crippen LogP contribution in [-0.2, 0) is 11.3 Å². The molecule has 2 aromatic heterocycles. The highest BCUT2D eigenvalue weighted by Crippen LogP contribution is 2.22. The molecule has 1 N–H and O–H groups in total. The monoisotopic (exact) mass is 491 g/mol. The van der Waals surface area contributed by atoms with Gasteiger partial charge >= 0.3 is 0 Å². The molecule has 3 heterocycles. The largest absolute Gasteiger partial charge is 0.494 e. The van der Waals surface area contributed by atoms with Crippen molar-refractivity contribution < 1.29 is 9.53 Å². The van der Waals surface area contributed by atoms with Gasteiger partial charge in [-0.15, -0.1) is 0 Å². The molecule has 3 aromatic rings. The van der Waals surface area contributed by atoms with Crippen LogP contribution in [0.25, 0.3) is 5.95 Å². The van der Waals surface area contributed by atoms with E-state index in [9.17, 15) is 4.79 Å². The molecule has 0 saturated carbocycles. The highest BCUT2D eigenvalue weighted by atomic mass is 16.5. The zero-order valence-corrected chi connectivity index (χ0v) is 21.6. The molecule has 1 amide bonds. The Morgan fingerprint density at radius 3 is 2.78 bits per heavy atom. The Balaban J connectivity index is 1.50. The first-order valence-corrected chi connectivity index (χ1v) is 12.9. The van der Waals surface area contributed by atoms with Crippen LogP contribution in [0.4, 0.5) is 5.82 Å². The Kier molecular flexibility index (Phi) is 8.89. The number of amides is 1. The Morgan fingerprint density at radius 2 is 2.06 bits per heavy atom. The van der Waals surface area contributed by atoms with Crippen molar-refractivity contribution in [2.24, 2.45) is 0 Å². The molecule has 9 heteroatoms. The lowest BCUT2D eigenvalue weighted by Gasteiger charge is -2.38. The van der Waals surface area contributed by atoms with Gasteiger partial charge in [0.05, 0.1) is 12.6 Å². The second-order valence-electron chi connectivity index (χ2n) is 9.14. The average molecular weight is 492 g/mol. The number of imidazole rings is 1. The van der Waals surface area contributed by atoms with E-state index in [1.807, 2.05) is 59.8 Å². The van der Waals surface area contributed by atoms with E-state index in [-0.39, 0.29) is 11.9 Å². The summed E-state index contributed by atoms with van der Waals surface area (Å²) in [7, 11) is 0. The minimum atomic E-state index is 0.0145. The van der Waals surface area contributed by atoms with Crippen molar-refractivity contribution in [2.45, 2.75) is 52.6 Å². The average Bonchev–Trinajstić information content (AvgIpc) is 3.43. The summed E-state index contributed by atoms with van der Waals surface area (Å²) in [6.07, 6.45) is 7.70. The molecule has 4 rings (SSSR count). The molecule has 9 nitrogen and oxygen atoms in total. The smallest absolute Gasteiger partial charge is 0.237 e. The van der Waals surface area contributed by atoms with Gasteiger partial charge in [0.1, 0.15) is 17.9 Å². The van der Waals surface area contributed by atoms with E-state index < -0.39 is 0 Å². The van der Waals surface area contributed by atoms with E-state index in [0.29, 0.717) is 25.5 Å². The van der Waals surface area contributed by atoms with Gasteiger partial charge in [-0.1, -0.05) is 25.5 Å². The number of piperazine rings is 1. The molecule has 1 aliphatic heterocycles. The van der Waals surface area contributed by atoms with Crippen LogP contribution >= 0.6 is 0 Å². The fourth-order valence-electron chi connectivity index (χ4n) is 4.47. The van der Waals surface area contributed by atoms with Gasteiger partial charge in [-0.05, 0) is 38.0 Å². The number of rotatable bonds is 11. The first-order valence-electron chi connectivity index (χ1n) is 12.9. The standard InChI is InChI=1S/C27H37N7O2/c1-4-6-13-32(19-22-7-9-24(10-8-22)36-5-2)26(35)17-23-18-28-12-15-34(23)25-16-21(3)30-27(31-25)33-14-11-29-20-33/h7-11,14,16,20,23,28H,4-6,12-13,15,17-19H2,1-3H3. The number of nitrogens with zero attached hydrogens (tertiary/aromatic N) is 6. The van der Waals surface area contributed by atoms with E-state index in [4.69, 9.17) is 9.72 Å². The summed E-state index contributed by atoms with van der Waals surface area (Å²) >= 11 is 0. The van der Waals surface area contributed by atoms with Gasteiger partial charge < -0.3 is 19.9 Å². The van der Waals surface area contributed by atoms with Crippen molar-refractivity contribution in [2.75, 3.05) is 37.7 Å². The number of carbonyl (C=O) groups excluding carboxylic acids is 1. The van der Waals surface area contributed by atoms with E-state index in [1.54, 1.807) is 12.5 Å². The first-order chi connectivity index (χ1) is 17.6. The maximum absolute atomic E-state index is 13.6. The summed E-state index contributed by atoms with van der Waals surface area (Å²) in [5.74, 6) is 2.45. The number of carbonyl (C=O) groups is 1. The maximum Gasteiger partial charge on any atom is 0.237 e. The van der Waals surface area contributed by atoms with Crippen molar-refractivity contribution >= 4 is 11.7 Å². The van der Waals surface area contributed by atoms with Crippen LogP contribution in [0, 0.1) is 6.92 Å². The maximum atomic E-state index is 13.6. The van der Waals surface area contributed by atoms with Crippen molar-refractivity contribution in [1.29, 1.82) is 0 Å². The summed E-state index contributed by atoms with van der Waals surface area (Å²) in [6, 6.07) is 10.1. The molecule has 1 saturated heterocycles. The van der Waals surface area contributed by atoms with Gasteiger partial charge in [-0.25, -0.2) is 9.97 Å². The fraction of sp³-hybridized carbons (Fsp3) is 0.481. The van der Waals surface area contributed by atoms with Gasteiger partial charge in [-0.2, -0.15) is 4.98 Å². The second-order valence-corrected chi connectivity index (χ2v) is 9.14. The van der Waals surface area contributed by atoms with Crippen molar-refractivity contribution in [1.82, 2.24) is 29.7 Å². The van der Waals surface area contributed by atoms with Crippen LogP contribution in [0.2, 0.25) is 0 Å². The number of anilines is 1. The third-order valence-electron chi connectivity index (χ3n) is 6.36. The number of ether oxygens (including phenoxy) is 1. The Morgan fingerprint density at radius 1 is 1.22 bits per heavy atom. The zero-order valence-electron chi connectivity index (χ0n) is 21.6. The molecule has 0 radical (unpaired) electrons. The number of hydrogen-bond acceptors (Lipinski definition) is 7. The van der Waals surface area contributed by atoms with Crippen LogP contribution < -0.4 is 15.0 Å². The first kappa shape index (κ1) is 25.6. The molecule has 192 valence electrons. The lowest BCUT2D eigenvalue weighted by Crippen LogP contribution is -2.53. The number of unbranched alkanes of at least 4 members (excludes halogenated alkanes) is 1. The summed E-state index contributed by atoms with van der Waals surface area (Å²) in [4.78, 5) is 31.3. The van der Waals surface area contributed by atoms with Crippen LogP contribution in [0.15, 0.2) is 49.1 Å². The van der Waals surface area contributed by atoms with Crippen molar-refractivity contribution in [3.8, 4) is 11.7 Å². The number of nitrogens with one attached hydrogen (secondary N) is 1. The minimum Gasteiger partial charge on any atom is -0.494 e. The minimum absolute atomic E-state index is 0.0145. The van der Waals surface area contributed by atoms with Gasteiger partial charge in [0.15, 0.2) is 0 Å². The molecule has 36 heavy (non-hydrogen) atoms. The lowest BCUT2D eigenvalue weighted by atomic mass is 10.1. The van der Waals surface area contributed by atoms with E-state index in [2.05, 4.69) is 27.1 Å². The van der Waals surface area contributed by atoms with Crippen LogP contribution in [0.3, 0.4) is 0 Å². The number of aromatic nitrogens is 4. The summed E-state index contributed by atoms with van der Waals surface area (Å²) in [5, 5.41) is 3.46. The van der Waals surface area contributed by atoms with E-state index in [0.717, 1.165) is 61.8 Å². The van der Waals surface area contributed by atoms with Crippen LogP contribution in [0.5, 0.6) is 5.75 Å². The summed E-state index contributed by atoms with van der Waals surface area (Å²) < 4.78 is 7.37. The topological polar surface area (TPSA) is 88.4 Å². The van der Waals surface area contributed by atoms with E-state index in [1.165, 1.54) is 0 Å². The van der Waals surface area contributed by atoms with Gasteiger partial charge in [0.2, 0.25) is 11.9 Å². The SMILES string of the molecule is CCCCN(Cc1ccc(OCC)cc1)C(=O)CC1CNCCN1c1cc(C)nc(-n2ccnc2)n1. The third-order valence-corrected chi connectivity index (χ3v) is 6.36. The molecule has 0 spiro atoms. The molecular formula is C27H37N7O2. The molecule has 1 aliphatic rings. The molecular weight excluding hydrogens is 454 g/mol. The number of hydrogen-bond donors (Lipinski definition) is 1. The predicted octanol–water partition coefficient (Wildman–Crippen LogP) is 3.37. The lowest BCUT2D eigenvalue weighted by molar-refractivity contribution is -0.132.